The van der Waals surface area contributed by atoms with Gasteiger partial charge in [-0.3, -0.25) is 9.78 Å². The highest BCUT2D eigenvalue weighted by Crippen LogP contribution is 2.31. The summed E-state index contributed by atoms with van der Waals surface area (Å²) in [5, 5.41) is 2.85. The third-order valence-electron chi connectivity index (χ3n) is 2.90. The number of aromatic nitrogens is 1. The molecule has 2 rings (SSSR count). The summed E-state index contributed by atoms with van der Waals surface area (Å²) in [6.45, 7) is 3.88. The molecule has 1 N–H and O–H groups in total. The fourth-order valence-corrected chi connectivity index (χ4v) is 1.99. The first kappa shape index (κ1) is 15.8. The van der Waals surface area contributed by atoms with Crippen LogP contribution in [0.4, 0.5) is 5.69 Å². The summed E-state index contributed by atoms with van der Waals surface area (Å²) in [6, 6.07) is 9.00. The number of hydrogen-bond donors (Lipinski definition) is 1. The second kappa shape index (κ2) is 7.45. The zero-order valence-electron chi connectivity index (χ0n) is 13.0. The van der Waals surface area contributed by atoms with Gasteiger partial charge in [-0.2, -0.15) is 0 Å². The molecule has 2 aromatic rings. The number of carbonyl (C=O) groups is 1. The van der Waals surface area contributed by atoms with Crippen LogP contribution in [0.3, 0.4) is 0 Å². The number of hydrogen-bond acceptors (Lipinski definition) is 4. The maximum Gasteiger partial charge on any atom is 0.228 e. The van der Waals surface area contributed by atoms with E-state index in [9.17, 15) is 4.79 Å². The molecule has 0 aliphatic carbocycles. The van der Waals surface area contributed by atoms with Gasteiger partial charge < -0.3 is 14.8 Å². The first-order valence-electron chi connectivity index (χ1n) is 7.12. The molecule has 0 aliphatic rings. The second-order valence-electron chi connectivity index (χ2n) is 5.12. The fourth-order valence-electron chi connectivity index (χ4n) is 1.99. The normalized spacial score (nSPS) is 10.4. The van der Waals surface area contributed by atoms with E-state index in [1.807, 2.05) is 26.0 Å². The molecule has 0 fully saturated rings. The highest BCUT2D eigenvalue weighted by molar-refractivity contribution is 5.92. The molecule has 116 valence electrons. The predicted molar refractivity (Wildman–Crippen MR) is 85.3 cm³/mol. The van der Waals surface area contributed by atoms with Crippen LogP contribution in [0.5, 0.6) is 11.5 Å². The first-order chi connectivity index (χ1) is 10.6. The van der Waals surface area contributed by atoms with Crippen molar-refractivity contribution in [1.82, 2.24) is 4.98 Å². The van der Waals surface area contributed by atoms with E-state index in [0.29, 0.717) is 17.2 Å². The van der Waals surface area contributed by atoms with E-state index in [0.717, 1.165) is 5.56 Å². The van der Waals surface area contributed by atoms with Gasteiger partial charge in [-0.25, -0.2) is 0 Å². The molecule has 0 atom stereocenters. The lowest BCUT2D eigenvalue weighted by Gasteiger charge is -2.15. The van der Waals surface area contributed by atoms with Crippen molar-refractivity contribution in [3.63, 3.8) is 0 Å². The van der Waals surface area contributed by atoms with Gasteiger partial charge in [-0.1, -0.05) is 6.07 Å². The van der Waals surface area contributed by atoms with Crippen LogP contribution in [0.25, 0.3) is 0 Å². The molecule has 5 nitrogen and oxygen atoms in total. The Morgan fingerprint density at radius 2 is 2.09 bits per heavy atom. The molecule has 5 heteroatoms. The van der Waals surface area contributed by atoms with Crippen LogP contribution in [0.15, 0.2) is 42.7 Å². The molecule has 0 radical (unpaired) electrons. The molecule has 1 aromatic heterocycles. The number of ether oxygens (including phenoxy) is 2. The summed E-state index contributed by atoms with van der Waals surface area (Å²) in [5.41, 5.74) is 1.54. The van der Waals surface area contributed by atoms with E-state index in [4.69, 9.17) is 9.47 Å². The molecule has 0 spiro atoms. The molecule has 1 heterocycles. The maximum absolute atomic E-state index is 12.1. The Morgan fingerprint density at radius 1 is 1.27 bits per heavy atom. The van der Waals surface area contributed by atoms with Gasteiger partial charge in [0.2, 0.25) is 5.91 Å². The van der Waals surface area contributed by atoms with Crippen LogP contribution < -0.4 is 14.8 Å². The SMILES string of the molecule is COc1ccc(NC(=O)Cc2cccnc2)cc1OC(C)C. The Balaban J connectivity index is 2.07. The summed E-state index contributed by atoms with van der Waals surface area (Å²) >= 11 is 0. The molecule has 1 aromatic carbocycles. The van der Waals surface area contributed by atoms with Crippen LogP contribution in [0.2, 0.25) is 0 Å². The highest BCUT2D eigenvalue weighted by atomic mass is 16.5. The number of pyridine rings is 1. The van der Waals surface area contributed by atoms with Gasteiger partial charge in [0.1, 0.15) is 0 Å². The van der Waals surface area contributed by atoms with E-state index < -0.39 is 0 Å². The number of amides is 1. The van der Waals surface area contributed by atoms with Crippen molar-refractivity contribution >= 4 is 11.6 Å². The van der Waals surface area contributed by atoms with Gasteiger partial charge >= 0.3 is 0 Å². The van der Waals surface area contributed by atoms with Crippen molar-refractivity contribution in [3.05, 3.63) is 48.3 Å². The molecule has 22 heavy (non-hydrogen) atoms. The topological polar surface area (TPSA) is 60.5 Å². The summed E-state index contributed by atoms with van der Waals surface area (Å²) < 4.78 is 10.9. The van der Waals surface area contributed by atoms with E-state index in [1.54, 1.807) is 37.7 Å². The fraction of sp³-hybridized carbons (Fsp3) is 0.294. The van der Waals surface area contributed by atoms with E-state index in [2.05, 4.69) is 10.3 Å². The van der Waals surface area contributed by atoms with Crippen molar-refractivity contribution in [2.75, 3.05) is 12.4 Å². The average molecular weight is 300 g/mol. The highest BCUT2D eigenvalue weighted by Gasteiger charge is 2.10. The summed E-state index contributed by atoms with van der Waals surface area (Å²) in [7, 11) is 1.59. The van der Waals surface area contributed by atoms with E-state index in [1.165, 1.54) is 0 Å². The number of nitrogens with zero attached hydrogens (tertiary/aromatic N) is 1. The lowest BCUT2D eigenvalue weighted by atomic mass is 10.2. The largest absolute Gasteiger partial charge is 0.493 e. The Morgan fingerprint density at radius 3 is 2.73 bits per heavy atom. The molecule has 0 saturated heterocycles. The van der Waals surface area contributed by atoms with Gasteiger partial charge in [-0.05, 0) is 37.6 Å². The molecule has 1 amide bonds. The smallest absolute Gasteiger partial charge is 0.228 e. The van der Waals surface area contributed by atoms with Crippen molar-refractivity contribution in [2.24, 2.45) is 0 Å². The van der Waals surface area contributed by atoms with E-state index >= 15 is 0 Å². The number of benzene rings is 1. The van der Waals surface area contributed by atoms with Crippen LogP contribution >= 0.6 is 0 Å². The predicted octanol–water partition coefficient (Wildman–Crippen LogP) is 3.06. The van der Waals surface area contributed by atoms with Gasteiger partial charge in [0.25, 0.3) is 0 Å². The van der Waals surface area contributed by atoms with Gasteiger partial charge in [0.15, 0.2) is 11.5 Å². The average Bonchev–Trinajstić information content (AvgIpc) is 2.48. The monoisotopic (exact) mass is 300 g/mol. The van der Waals surface area contributed by atoms with Crippen LogP contribution in [-0.2, 0) is 11.2 Å². The van der Waals surface area contributed by atoms with E-state index in [-0.39, 0.29) is 18.4 Å². The molecule has 0 saturated carbocycles. The first-order valence-corrected chi connectivity index (χ1v) is 7.12. The number of anilines is 1. The minimum atomic E-state index is -0.103. The van der Waals surface area contributed by atoms with Gasteiger partial charge in [0.05, 0.1) is 19.6 Å². The number of carbonyl (C=O) groups excluding carboxylic acids is 1. The van der Waals surface area contributed by atoms with Crippen molar-refractivity contribution < 1.29 is 14.3 Å². The van der Waals surface area contributed by atoms with Crippen molar-refractivity contribution in [2.45, 2.75) is 26.4 Å². The Labute approximate surface area is 130 Å². The Hall–Kier alpha value is -2.56. The molecule has 0 unspecified atom stereocenters. The number of nitrogens with one attached hydrogen (secondary N) is 1. The van der Waals surface area contributed by atoms with Crippen LogP contribution in [-0.4, -0.2) is 24.1 Å². The minimum Gasteiger partial charge on any atom is -0.493 e. The van der Waals surface area contributed by atoms with Gasteiger partial charge in [0, 0.05) is 24.1 Å². The van der Waals surface area contributed by atoms with Gasteiger partial charge in [-0.15, -0.1) is 0 Å². The third kappa shape index (κ3) is 4.48. The molecular formula is C17H20N2O3. The molecule has 0 bridgehead atoms. The molecule has 0 aliphatic heterocycles. The zero-order valence-corrected chi connectivity index (χ0v) is 13.0. The summed E-state index contributed by atoms with van der Waals surface area (Å²) in [4.78, 5) is 16.1. The minimum absolute atomic E-state index is 0.0234. The summed E-state index contributed by atoms with van der Waals surface area (Å²) in [6.07, 6.45) is 3.66. The van der Waals surface area contributed by atoms with Crippen LogP contribution in [0, 0.1) is 0 Å². The molecular weight excluding hydrogens is 280 g/mol. The maximum atomic E-state index is 12.1. The lowest BCUT2D eigenvalue weighted by Crippen LogP contribution is -2.15. The van der Waals surface area contributed by atoms with Crippen molar-refractivity contribution in [1.29, 1.82) is 0 Å². The quantitative estimate of drug-likeness (QED) is 0.890. The third-order valence-corrected chi connectivity index (χ3v) is 2.90. The number of methoxy groups -OCH3 is 1. The Bertz CT molecular complexity index is 627. The zero-order chi connectivity index (χ0) is 15.9. The standard InChI is InChI=1S/C17H20N2O3/c1-12(2)22-16-10-14(6-7-15(16)21-3)19-17(20)9-13-5-4-8-18-11-13/h4-8,10-12H,9H2,1-3H3,(H,19,20). The van der Waals surface area contributed by atoms with Crippen LogP contribution in [0.1, 0.15) is 19.4 Å². The summed E-state index contributed by atoms with van der Waals surface area (Å²) in [5.74, 6) is 1.14. The number of rotatable bonds is 6. The second-order valence-corrected chi connectivity index (χ2v) is 5.12. The Kier molecular flexibility index (Phi) is 5.36. The lowest BCUT2D eigenvalue weighted by molar-refractivity contribution is -0.115. The van der Waals surface area contributed by atoms with Crippen molar-refractivity contribution in [3.8, 4) is 11.5 Å².